The van der Waals surface area contributed by atoms with Crippen molar-refractivity contribution < 1.29 is 32.4 Å². The van der Waals surface area contributed by atoms with E-state index >= 15 is 0 Å². The van der Waals surface area contributed by atoms with Gasteiger partial charge < -0.3 is 15.5 Å². The Morgan fingerprint density at radius 1 is 1.33 bits per heavy atom. The first-order valence-electron chi connectivity index (χ1n) is 6.00. The van der Waals surface area contributed by atoms with Crippen LogP contribution in [0.25, 0.3) is 0 Å². The quantitative estimate of drug-likeness (QED) is 0.531. The molecule has 0 aliphatic heterocycles. The molecule has 10 heteroatoms. The average Bonchev–Trinajstić information content (AvgIpc) is 2.32. The van der Waals surface area contributed by atoms with E-state index in [0.717, 1.165) is 0 Å². The second-order valence-corrected chi connectivity index (χ2v) is 6.87. The fraction of sp³-hybridized carbons (Fsp3) is 0.818. The number of hydrogen-bond acceptors (Lipinski definition) is 6. The predicted octanol–water partition coefficient (Wildman–Crippen LogP) is 0.0985. The summed E-state index contributed by atoms with van der Waals surface area (Å²) in [5.74, 6) is -1.99. The summed E-state index contributed by atoms with van der Waals surface area (Å²) >= 11 is 0. The fourth-order valence-electron chi connectivity index (χ4n) is 1.33. The predicted molar refractivity (Wildman–Crippen MR) is 77.4 cm³/mol. The van der Waals surface area contributed by atoms with Crippen molar-refractivity contribution >= 4 is 34.4 Å². The standard InChI is InChI=1S/C11H21NO7S.ClH/c1-5-8(12-7(2)13)20(17,18)19-6-11(3,4)9(14)10(15)16;/h8-9,14H,5-6H2,1-4H3,(H,12,13)(H,15,16);1H/t8?,9-;/m0./s1. The van der Waals surface area contributed by atoms with Crippen molar-refractivity contribution in [2.45, 2.75) is 45.6 Å². The van der Waals surface area contributed by atoms with Gasteiger partial charge in [0.15, 0.2) is 11.5 Å². The van der Waals surface area contributed by atoms with Crippen molar-refractivity contribution in [2.24, 2.45) is 5.41 Å². The molecule has 126 valence electrons. The van der Waals surface area contributed by atoms with E-state index in [1.807, 2.05) is 0 Å². The van der Waals surface area contributed by atoms with E-state index in [1.54, 1.807) is 6.92 Å². The van der Waals surface area contributed by atoms with Crippen molar-refractivity contribution in [1.82, 2.24) is 5.32 Å². The SMILES string of the molecule is CCC(NC(C)=O)S(=O)(=O)OCC(C)(C)[C@@H](O)C(=O)O.Cl. The number of aliphatic carboxylic acids is 1. The van der Waals surface area contributed by atoms with Crippen molar-refractivity contribution in [2.75, 3.05) is 6.61 Å². The topological polar surface area (TPSA) is 130 Å². The van der Waals surface area contributed by atoms with Crippen LogP contribution in [0.4, 0.5) is 0 Å². The molecule has 8 nitrogen and oxygen atoms in total. The summed E-state index contributed by atoms with van der Waals surface area (Å²) in [5, 5.41) is 19.2. The molecule has 0 heterocycles. The maximum absolute atomic E-state index is 11.9. The highest BCUT2D eigenvalue weighted by Gasteiger charge is 2.36. The van der Waals surface area contributed by atoms with Gasteiger partial charge in [0.2, 0.25) is 5.91 Å². The maximum Gasteiger partial charge on any atom is 0.333 e. The summed E-state index contributed by atoms with van der Waals surface area (Å²) in [6, 6.07) is 0. The van der Waals surface area contributed by atoms with Crippen LogP contribution < -0.4 is 5.32 Å². The summed E-state index contributed by atoms with van der Waals surface area (Å²) in [6.07, 6.45) is -1.66. The van der Waals surface area contributed by atoms with Crippen LogP contribution >= 0.6 is 12.4 Å². The average molecular weight is 348 g/mol. The molecular formula is C11H22ClNO7S. The molecule has 0 saturated carbocycles. The van der Waals surface area contributed by atoms with Crippen LogP contribution in [0, 0.1) is 5.41 Å². The molecule has 21 heavy (non-hydrogen) atoms. The molecule has 0 aromatic rings. The van der Waals surface area contributed by atoms with Crippen LogP contribution in [0.2, 0.25) is 0 Å². The van der Waals surface area contributed by atoms with Crippen LogP contribution in [0.3, 0.4) is 0 Å². The molecule has 0 spiro atoms. The van der Waals surface area contributed by atoms with E-state index in [2.05, 4.69) is 5.32 Å². The first-order valence-corrected chi connectivity index (χ1v) is 7.47. The van der Waals surface area contributed by atoms with Gasteiger partial charge in [-0.15, -0.1) is 12.4 Å². The van der Waals surface area contributed by atoms with Gasteiger partial charge >= 0.3 is 5.97 Å². The highest BCUT2D eigenvalue weighted by molar-refractivity contribution is 7.87. The second kappa shape index (κ2) is 8.52. The zero-order chi connectivity index (χ0) is 16.1. The lowest BCUT2D eigenvalue weighted by Crippen LogP contribution is -2.44. The second-order valence-electron chi connectivity index (χ2n) is 5.08. The molecule has 3 N–H and O–H groups in total. The molecule has 0 rings (SSSR count). The van der Waals surface area contributed by atoms with Gasteiger partial charge in [0, 0.05) is 12.3 Å². The van der Waals surface area contributed by atoms with Crippen LogP contribution in [0.1, 0.15) is 34.1 Å². The molecule has 0 aromatic heterocycles. The summed E-state index contributed by atoms with van der Waals surface area (Å²) < 4.78 is 28.5. The Morgan fingerprint density at radius 2 is 1.81 bits per heavy atom. The Kier molecular flexibility index (Phi) is 9.08. The minimum atomic E-state index is -4.10. The van der Waals surface area contributed by atoms with Gasteiger partial charge in [-0.3, -0.25) is 8.98 Å². The van der Waals surface area contributed by atoms with E-state index in [-0.39, 0.29) is 18.8 Å². The molecule has 0 aliphatic carbocycles. The van der Waals surface area contributed by atoms with E-state index < -0.39 is 45.5 Å². The highest BCUT2D eigenvalue weighted by atomic mass is 35.5. The van der Waals surface area contributed by atoms with Crippen LogP contribution in [0.5, 0.6) is 0 Å². The Bertz CT molecular complexity index is 463. The number of nitrogens with one attached hydrogen (secondary N) is 1. The smallest absolute Gasteiger partial charge is 0.333 e. The van der Waals surface area contributed by atoms with Crippen LogP contribution in [0.15, 0.2) is 0 Å². The number of halogens is 1. The molecule has 0 bridgehead atoms. The third kappa shape index (κ3) is 7.07. The minimum absolute atomic E-state index is 0. The summed E-state index contributed by atoms with van der Waals surface area (Å²) in [7, 11) is -4.10. The van der Waals surface area contributed by atoms with Crippen molar-refractivity contribution in [1.29, 1.82) is 0 Å². The van der Waals surface area contributed by atoms with Crippen molar-refractivity contribution in [3.63, 3.8) is 0 Å². The monoisotopic (exact) mass is 347 g/mol. The van der Waals surface area contributed by atoms with Crippen molar-refractivity contribution in [3.8, 4) is 0 Å². The Labute approximate surface area is 130 Å². The molecule has 0 radical (unpaired) electrons. The lowest BCUT2D eigenvalue weighted by atomic mass is 9.88. The zero-order valence-electron chi connectivity index (χ0n) is 12.3. The highest BCUT2D eigenvalue weighted by Crippen LogP contribution is 2.23. The summed E-state index contributed by atoms with van der Waals surface area (Å²) in [4.78, 5) is 21.6. The van der Waals surface area contributed by atoms with E-state index in [0.29, 0.717) is 0 Å². The molecule has 0 fully saturated rings. The molecule has 0 saturated heterocycles. The first-order chi connectivity index (χ1) is 8.94. The number of hydrogen-bond donors (Lipinski definition) is 3. The number of carbonyl (C=O) groups is 2. The first kappa shape index (κ1) is 22.4. The van der Waals surface area contributed by atoms with E-state index in [4.69, 9.17) is 9.29 Å². The Morgan fingerprint density at radius 3 is 2.14 bits per heavy atom. The molecule has 0 aliphatic rings. The molecule has 1 amide bonds. The fourth-order valence-corrected chi connectivity index (χ4v) is 2.69. The third-order valence-corrected chi connectivity index (χ3v) is 4.25. The third-order valence-electron chi connectivity index (χ3n) is 2.65. The largest absolute Gasteiger partial charge is 0.479 e. The van der Waals surface area contributed by atoms with Gasteiger partial charge in [0.05, 0.1) is 6.61 Å². The number of carboxylic acids is 1. The maximum atomic E-state index is 11.9. The molecular weight excluding hydrogens is 326 g/mol. The van der Waals surface area contributed by atoms with Crippen LogP contribution in [-0.2, 0) is 23.9 Å². The number of rotatable bonds is 8. The van der Waals surface area contributed by atoms with Gasteiger partial charge in [-0.1, -0.05) is 20.8 Å². The van der Waals surface area contributed by atoms with E-state index in [9.17, 15) is 23.1 Å². The minimum Gasteiger partial charge on any atom is -0.479 e. The van der Waals surface area contributed by atoms with Gasteiger partial charge in [-0.05, 0) is 6.42 Å². The van der Waals surface area contributed by atoms with Crippen LogP contribution in [-0.4, -0.2) is 48.6 Å². The lowest BCUT2D eigenvalue weighted by molar-refractivity contribution is -0.154. The number of aliphatic hydroxyl groups excluding tert-OH is 1. The zero-order valence-corrected chi connectivity index (χ0v) is 14.0. The summed E-state index contributed by atoms with van der Waals surface area (Å²) in [6.45, 7) is 4.94. The number of amides is 1. The number of aliphatic hydroxyl groups is 1. The van der Waals surface area contributed by atoms with Gasteiger partial charge in [0.25, 0.3) is 10.1 Å². The van der Waals surface area contributed by atoms with E-state index in [1.165, 1.54) is 20.8 Å². The normalized spacial score (nSPS) is 14.7. The summed E-state index contributed by atoms with van der Waals surface area (Å²) in [5.41, 5.74) is -1.30. The number of carbonyl (C=O) groups excluding carboxylic acids is 1. The molecule has 1 unspecified atom stereocenters. The molecule has 0 aromatic carbocycles. The molecule has 2 atom stereocenters. The van der Waals surface area contributed by atoms with Gasteiger partial charge in [-0.25, -0.2) is 4.79 Å². The Hall–Kier alpha value is -0.900. The Balaban J connectivity index is 0. The van der Waals surface area contributed by atoms with Crippen molar-refractivity contribution in [3.05, 3.63) is 0 Å². The van der Waals surface area contributed by atoms with Gasteiger partial charge in [-0.2, -0.15) is 8.42 Å². The lowest BCUT2D eigenvalue weighted by Gasteiger charge is -2.27. The van der Waals surface area contributed by atoms with Gasteiger partial charge in [0.1, 0.15) is 0 Å². The number of carboxylic acid groups (broad SMARTS) is 1.